The zero-order valence-corrected chi connectivity index (χ0v) is 16.0. The van der Waals surface area contributed by atoms with Gasteiger partial charge in [0.25, 0.3) is 5.91 Å². The number of rotatable bonds is 4. The van der Waals surface area contributed by atoms with Gasteiger partial charge in [0.05, 0.1) is 10.3 Å². The molecule has 0 atom stereocenters. The minimum atomic E-state index is -0.143. The van der Waals surface area contributed by atoms with Gasteiger partial charge >= 0.3 is 0 Å². The number of benzene rings is 2. The number of aryl methyl sites for hydroxylation is 1. The van der Waals surface area contributed by atoms with E-state index in [1.807, 2.05) is 61.5 Å². The van der Waals surface area contributed by atoms with Gasteiger partial charge in [0.1, 0.15) is 5.76 Å². The summed E-state index contributed by atoms with van der Waals surface area (Å²) in [5.74, 6) is 2.07. The highest BCUT2D eigenvalue weighted by Gasteiger charge is 2.21. The molecule has 0 saturated heterocycles. The molecule has 1 N–H and O–H groups in total. The van der Waals surface area contributed by atoms with Gasteiger partial charge in [-0.05, 0) is 24.6 Å². The molecule has 0 radical (unpaired) electrons. The Morgan fingerprint density at radius 1 is 1.07 bits per heavy atom. The Morgan fingerprint density at radius 2 is 1.89 bits per heavy atom. The summed E-state index contributed by atoms with van der Waals surface area (Å²) in [5, 5.41) is 2.99. The van der Waals surface area contributed by atoms with Gasteiger partial charge in [-0.25, -0.2) is 0 Å². The quantitative estimate of drug-likeness (QED) is 0.524. The molecule has 0 saturated carbocycles. The van der Waals surface area contributed by atoms with Gasteiger partial charge in [-0.15, -0.1) is 11.3 Å². The van der Waals surface area contributed by atoms with E-state index in [0.29, 0.717) is 23.4 Å². The minimum absolute atomic E-state index is 0.143. The summed E-state index contributed by atoms with van der Waals surface area (Å²) in [6, 6.07) is 17.6. The minimum Gasteiger partial charge on any atom is -0.454 e. The number of furan rings is 1. The van der Waals surface area contributed by atoms with Crippen molar-refractivity contribution in [1.82, 2.24) is 5.32 Å². The monoisotopic (exact) mass is 391 g/mol. The first-order chi connectivity index (χ1) is 13.7. The molecule has 1 aliphatic rings. The van der Waals surface area contributed by atoms with Crippen molar-refractivity contribution in [3.63, 3.8) is 0 Å². The summed E-state index contributed by atoms with van der Waals surface area (Å²) in [6.07, 6.45) is 0. The third-order valence-electron chi connectivity index (χ3n) is 4.72. The fourth-order valence-corrected chi connectivity index (χ4v) is 4.35. The van der Waals surface area contributed by atoms with Crippen LogP contribution in [-0.2, 0) is 6.54 Å². The number of carbonyl (C=O) groups is 1. The fraction of sp³-hybridized carbons (Fsp3) is 0.136. The Balaban J connectivity index is 1.39. The third-order valence-corrected chi connectivity index (χ3v) is 5.75. The van der Waals surface area contributed by atoms with Gasteiger partial charge < -0.3 is 19.2 Å². The largest absolute Gasteiger partial charge is 0.454 e. The highest BCUT2D eigenvalue weighted by molar-refractivity contribution is 7.19. The number of carbonyl (C=O) groups excluding carboxylic acids is 1. The summed E-state index contributed by atoms with van der Waals surface area (Å²) in [7, 11) is 0. The Kier molecular flexibility index (Phi) is 4.06. The number of ether oxygens (including phenoxy) is 2. The maximum atomic E-state index is 12.9. The Morgan fingerprint density at radius 3 is 2.75 bits per heavy atom. The van der Waals surface area contributed by atoms with Crippen LogP contribution in [0.2, 0.25) is 0 Å². The first-order valence-corrected chi connectivity index (χ1v) is 9.76. The Labute approximate surface area is 165 Å². The van der Waals surface area contributed by atoms with Crippen molar-refractivity contribution in [2.45, 2.75) is 13.5 Å². The van der Waals surface area contributed by atoms with E-state index in [0.717, 1.165) is 32.2 Å². The second kappa shape index (κ2) is 6.73. The maximum Gasteiger partial charge on any atom is 0.256 e. The molecule has 0 spiro atoms. The maximum absolute atomic E-state index is 12.9. The molecule has 3 heterocycles. The summed E-state index contributed by atoms with van der Waals surface area (Å²) in [5.41, 5.74) is 3.19. The van der Waals surface area contributed by atoms with Crippen molar-refractivity contribution in [1.29, 1.82) is 0 Å². The van der Waals surface area contributed by atoms with Gasteiger partial charge in [0.15, 0.2) is 17.1 Å². The molecule has 2 aromatic carbocycles. The van der Waals surface area contributed by atoms with Crippen LogP contribution in [0.4, 0.5) is 0 Å². The van der Waals surface area contributed by atoms with Crippen molar-refractivity contribution in [3.05, 3.63) is 70.6 Å². The smallest absolute Gasteiger partial charge is 0.256 e. The zero-order valence-electron chi connectivity index (χ0n) is 15.2. The molecule has 5 nitrogen and oxygen atoms in total. The lowest BCUT2D eigenvalue weighted by Crippen LogP contribution is -2.23. The van der Waals surface area contributed by atoms with Crippen molar-refractivity contribution in [2.75, 3.05) is 6.79 Å². The second-order valence-corrected chi connectivity index (χ2v) is 7.83. The average Bonchev–Trinajstić information content (AvgIpc) is 3.40. The van der Waals surface area contributed by atoms with E-state index >= 15 is 0 Å². The Bertz CT molecular complexity index is 1180. The molecule has 0 bridgehead atoms. The number of nitrogens with one attached hydrogen (secondary N) is 1. The van der Waals surface area contributed by atoms with E-state index in [2.05, 4.69) is 5.32 Å². The third kappa shape index (κ3) is 2.92. The van der Waals surface area contributed by atoms with E-state index < -0.39 is 0 Å². The molecule has 4 aromatic rings. The SMILES string of the molecule is Cc1sc2cc(-c3ccccc3)oc2c1C(=O)NCc1ccc2c(c1)OCO2. The Hall–Kier alpha value is -3.25. The van der Waals surface area contributed by atoms with Crippen LogP contribution in [0.1, 0.15) is 20.8 Å². The van der Waals surface area contributed by atoms with Crippen molar-refractivity contribution in [3.8, 4) is 22.8 Å². The van der Waals surface area contributed by atoms with Crippen LogP contribution >= 0.6 is 11.3 Å². The number of amides is 1. The molecule has 1 aliphatic heterocycles. The predicted molar refractivity (Wildman–Crippen MR) is 108 cm³/mol. The van der Waals surface area contributed by atoms with E-state index in [1.165, 1.54) is 0 Å². The van der Waals surface area contributed by atoms with E-state index in [-0.39, 0.29) is 12.7 Å². The molecule has 6 heteroatoms. The standard InChI is InChI=1S/C22H17NO4S/c1-13-20(21-19(28-13)10-17(27-21)15-5-3-2-4-6-15)22(24)23-11-14-7-8-16-18(9-14)26-12-25-16/h2-10H,11-12H2,1H3,(H,23,24). The van der Waals surface area contributed by atoms with Gasteiger partial charge in [-0.3, -0.25) is 4.79 Å². The lowest BCUT2D eigenvalue weighted by molar-refractivity contribution is 0.0951. The van der Waals surface area contributed by atoms with Gasteiger partial charge in [0, 0.05) is 23.1 Å². The summed E-state index contributed by atoms with van der Waals surface area (Å²) >= 11 is 1.57. The van der Waals surface area contributed by atoms with Crippen LogP contribution < -0.4 is 14.8 Å². The predicted octanol–water partition coefficient (Wildman–Crippen LogP) is 5.13. The van der Waals surface area contributed by atoms with Gasteiger partial charge in [0.2, 0.25) is 6.79 Å². The van der Waals surface area contributed by atoms with Crippen LogP contribution in [0.5, 0.6) is 11.5 Å². The number of hydrogen-bond donors (Lipinski definition) is 1. The molecule has 0 aliphatic carbocycles. The second-order valence-electron chi connectivity index (χ2n) is 6.57. The van der Waals surface area contributed by atoms with Gasteiger partial charge in [-0.2, -0.15) is 0 Å². The molecule has 0 unspecified atom stereocenters. The van der Waals surface area contributed by atoms with Crippen LogP contribution in [0.15, 0.2) is 59.0 Å². The molecule has 1 amide bonds. The van der Waals surface area contributed by atoms with Crippen molar-refractivity contribution in [2.24, 2.45) is 0 Å². The average molecular weight is 391 g/mol. The molecular weight excluding hydrogens is 374 g/mol. The highest BCUT2D eigenvalue weighted by Crippen LogP contribution is 2.37. The van der Waals surface area contributed by atoms with Crippen molar-refractivity contribution < 1.29 is 18.7 Å². The zero-order chi connectivity index (χ0) is 19.1. The van der Waals surface area contributed by atoms with Crippen molar-refractivity contribution >= 4 is 27.5 Å². The number of thiophene rings is 1. The van der Waals surface area contributed by atoms with E-state index in [4.69, 9.17) is 13.9 Å². The summed E-state index contributed by atoms with van der Waals surface area (Å²) in [6.45, 7) is 2.58. The van der Waals surface area contributed by atoms with Crippen LogP contribution in [-0.4, -0.2) is 12.7 Å². The van der Waals surface area contributed by atoms with E-state index in [1.54, 1.807) is 11.3 Å². The molecule has 2 aromatic heterocycles. The molecule has 0 fully saturated rings. The van der Waals surface area contributed by atoms with E-state index in [9.17, 15) is 4.79 Å². The fourth-order valence-electron chi connectivity index (χ4n) is 3.33. The number of fused-ring (bicyclic) bond motifs is 2. The molecule has 5 rings (SSSR count). The highest BCUT2D eigenvalue weighted by atomic mass is 32.1. The van der Waals surface area contributed by atoms with Gasteiger partial charge in [-0.1, -0.05) is 36.4 Å². The topological polar surface area (TPSA) is 60.7 Å². The normalized spacial score (nSPS) is 12.5. The van der Waals surface area contributed by atoms with Crippen LogP contribution in [0.25, 0.3) is 21.6 Å². The van der Waals surface area contributed by atoms with Crippen LogP contribution in [0.3, 0.4) is 0 Å². The lowest BCUT2D eigenvalue weighted by Gasteiger charge is -2.06. The molecular formula is C22H17NO4S. The lowest BCUT2D eigenvalue weighted by atomic mass is 10.2. The number of hydrogen-bond acceptors (Lipinski definition) is 5. The molecule has 140 valence electrons. The van der Waals surface area contributed by atoms with Crippen LogP contribution in [0, 0.1) is 6.92 Å². The molecule has 28 heavy (non-hydrogen) atoms. The summed E-state index contributed by atoms with van der Waals surface area (Å²) in [4.78, 5) is 13.8. The first kappa shape index (κ1) is 16.9. The first-order valence-electron chi connectivity index (χ1n) is 8.94. The summed E-state index contributed by atoms with van der Waals surface area (Å²) < 4.78 is 17.7.